The van der Waals surface area contributed by atoms with Crippen molar-refractivity contribution < 1.29 is 9.59 Å². The number of nitrogens with one attached hydrogen (secondary N) is 1. The third-order valence-corrected chi connectivity index (χ3v) is 3.05. The molecule has 0 aromatic heterocycles. The lowest BCUT2D eigenvalue weighted by Crippen LogP contribution is -2.47. The zero-order chi connectivity index (χ0) is 10.8. The molecule has 0 spiro atoms. The summed E-state index contributed by atoms with van der Waals surface area (Å²) in [6.07, 6.45) is 4.22. The molecule has 2 aliphatic rings. The predicted octanol–water partition coefficient (Wildman–Crippen LogP) is 0.523. The first-order valence-electron chi connectivity index (χ1n) is 5.76. The second-order valence-corrected chi connectivity index (χ2v) is 4.75. The van der Waals surface area contributed by atoms with E-state index in [-0.39, 0.29) is 11.9 Å². The number of nitrogens with zero attached hydrogens (tertiary/aromatic N) is 1. The Morgan fingerprint density at radius 2 is 2.00 bits per heavy atom. The maximum Gasteiger partial charge on any atom is 0.311 e. The summed E-state index contributed by atoms with van der Waals surface area (Å²) in [7, 11) is 0. The van der Waals surface area contributed by atoms with Gasteiger partial charge in [-0.15, -0.1) is 0 Å². The van der Waals surface area contributed by atoms with Crippen molar-refractivity contribution in [1.82, 2.24) is 10.2 Å². The van der Waals surface area contributed by atoms with Crippen molar-refractivity contribution >= 4 is 11.8 Å². The van der Waals surface area contributed by atoms with Gasteiger partial charge >= 0.3 is 11.8 Å². The largest absolute Gasteiger partial charge is 0.345 e. The Labute approximate surface area is 90.0 Å². The summed E-state index contributed by atoms with van der Waals surface area (Å²) in [6.45, 7) is 3.59. The summed E-state index contributed by atoms with van der Waals surface area (Å²) >= 11 is 0. The van der Waals surface area contributed by atoms with Crippen molar-refractivity contribution in [1.29, 1.82) is 0 Å². The summed E-state index contributed by atoms with van der Waals surface area (Å²) in [6, 6.07) is 0.267. The van der Waals surface area contributed by atoms with Gasteiger partial charge in [0.2, 0.25) is 0 Å². The van der Waals surface area contributed by atoms with Crippen molar-refractivity contribution in [3.8, 4) is 0 Å². The normalized spacial score (nSPS) is 26.2. The lowest BCUT2D eigenvalue weighted by Gasteiger charge is -2.30. The first-order chi connectivity index (χ1) is 7.16. The van der Waals surface area contributed by atoms with E-state index in [1.807, 2.05) is 0 Å². The second kappa shape index (κ2) is 4.21. The zero-order valence-corrected chi connectivity index (χ0v) is 9.16. The molecule has 1 saturated carbocycles. The summed E-state index contributed by atoms with van der Waals surface area (Å²) in [5.74, 6) is -0.225. The van der Waals surface area contributed by atoms with Gasteiger partial charge in [-0.2, -0.15) is 0 Å². The molecule has 1 aliphatic carbocycles. The Balaban J connectivity index is 1.85. The van der Waals surface area contributed by atoms with Gasteiger partial charge in [-0.05, 0) is 31.6 Å². The molecule has 4 heteroatoms. The van der Waals surface area contributed by atoms with E-state index in [1.54, 1.807) is 4.90 Å². The van der Waals surface area contributed by atoms with Crippen LogP contribution in [0.5, 0.6) is 0 Å². The maximum absolute atomic E-state index is 11.7. The molecule has 1 unspecified atom stereocenters. The first-order valence-corrected chi connectivity index (χ1v) is 5.76. The topological polar surface area (TPSA) is 49.4 Å². The van der Waals surface area contributed by atoms with Crippen LogP contribution in [-0.4, -0.2) is 35.8 Å². The second-order valence-electron chi connectivity index (χ2n) is 4.75. The highest BCUT2D eigenvalue weighted by Gasteiger charge is 2.30. The van der Waals surface area contributed by atoms with E-state index in [4.69, 9.17) is 0 Å². The summed E-state index contributed by atoms with van der Waals surface area (Å²) < 4.78 is 0. The Hall–Kier alpha value is -1.06. The van der Waals surface area contributed by atoms with Gasteiger partial charge in [-0.1, -0.05) is 6.92 Å². The van der Waals surface area contributed by atoms with Crippen LogP contribution in [0.15, 0.2) is 0 Å². The standard InChI is InChI=1S/C11H18N2O2/c1-8-3-2-6-13(7-8)11(15)10(14)12-9-4-5-9/h8-9H,2-7H2,1H3,(H,12,14). The Morgan fingerprint density at radius 1 is 1.27 bits per heavy atom. The fraction of sp³-hybridized carbons (Fsp3) is 0.818. The molecule has 1 atom stereocenters. The quantitative estimate of drug-likeness (QED) is 0.642. The molecular formula is C11H18N2O2. The van der Waals surface area contributed by atoms with E-state index < -0.39 is 5.91 Å². The summed E-state index contributed by atoms with van der Waals surface area (Å²) in [5.41, 5.74) is 0. The van der Waals surface area contributed by atoms with E-state index in [9.17, 15) is 9.59 Å². The van der Waals surface area contributed by atoms with Crippen LogP contribution >= 0.6 is 0 Å². The van der Waals surface area contributed by atoms with Gasteiger partial charge in [0.15, 0.2) is 0 Å². The molecule has 2 amide bonds. The lowest BCUT2D eigenvalue weighted by molar-refractivity contribution is -0.147. The van der Waals surface area contributed by atoms with Gasteiger partial charge in [-0.3, -0.25) is 9.59 Å². The van der Waals surface area contributed by atoms with Crippen LogP contribution in [0.3, 0.4) is 0 Å². The molecule has 2 fully saturated rings. The number of likely N-dealkylation sites (tertiary alicyclic amines) is 1. The number of carbonyl (C=O) groups excluding carboxylic acids is 2. The molecule has 84 valence electrons. The van der Waals surface area contributed by atoms with Crippen LogP contribution in [-0.2, 0) is 9.59 Å². The van der Waals surface area contributed by atoms with Gasteiger partial charge in [0.25, 0.3) is 0 Å². The Morgan fingerprint density at radius 3 is 2.60 bits per heavy atom. The molecule has 2 rings (SSSR count). The molecule has 15 heavy (non-hydrogen) atoms. The van der Waals surface area contributed by atoms with Crippen LogP contribution < -0.4 is 5.32 Å². The molecule has 4 nitrogen and oxygen atoms in total. The molecule has 1 heterocycles. The molecular weight excluding hydrogens is 192 g/mol. The van der Waals surface area contributed by atoms with Gasteiger partial charge in [0, 0.05) is 19.1 Å². The van der Waals surface area contributed by atoms with E-state index in [0.717, 1.165) is 38.8 Å². The molecule has 0 aromatic rings. The van der Waals surface area contributed by atoms with Gasteiger partial charge in [0.1, 0.15) is 0 Å². The summed E-state index contributed by atoms with van der Waals surface area (Å²) in [5, 5.41) is 2.74. The number of amides is 2. The monoisotopic (exact) mass is 210 g/mol. The van der Waals surface area contributed by atoms with Gasteiger partial charge in [-0.25, -0.2) is 0 Å². The highest BCUT2D eigenvalue weighted by atomic mass is 16.2. The summed E-state index contributed by atoms with van der Waals surface area (Å²) in [4.78, 5) is 24.9. The van der Waals surface area contributed by atoms with E-state index in [2.05, 4.69) is 12.2 Å². The molecule has 1 saturated heterocycles. The van der Waals surface area contributed by atoms with Crippen LogP contribution in [0.25, 0.3) is 0 Å². The molecule has 1 aliphatic heterocycles. The number of hydrogen-bond acceptors (Lipinski definition) is 2. The van der Waals surface area contributed by atoms with Crippen molar-refractivity contribution in [3.63, 3.8) is 0 Å². The Bertz CT molecular complexity index is 274. The molecule has 0 radical (unpaired) electrons. The van der Waals surface area contributed by atoms with Gasteiger partial charge < -0.3 is 10.2 Å². The van der Waals surface area contributed by atoms with Crippen LogP contribution in [0, 0.1) is 5.92 Å². The third kappa shape index (κ3) is 2.70. The van der Waals surface area contributed by atoms with Crippen LogP contribution in [0.4, 0.5) is 0 Å². The lowest BCUT2D eigenvalue weighted by atomic mass is 10.0. The minimum atomic E-state index is -0.411. The molecule has 0 aromatic carbocycles. The van der Waals surface area contributed by atoms with Crippen molar-refractivity contribution in [2.45, 2.75) is 38.6 Å². The average Bonchev–Trinajstić information content (AvgIpc) is 3.00. The van der Waals surface area contributed by atoms with Crippen molar-refractivity contribution in [3.05, 3.63) is 0 Å². The smallest absolute Gasteiger partial charge is 0.311 e. The van der Waals surface area contributed by atoms with Crippen LogP contribution in [0.1, 0.15) is 32.6 Å². The number of piperidine rings is 1. The fourth-order valence-electron chi connectivity index (χ4n) is 1.99. The van der Waals surface area contributed by atoms with Crippen molar-refractivity contribution in [2.75, 3.05) is 13.1 Å². The van der Waals surface area contributed by atoms with E-state index in [1.165, 1.54) is 0 Å². The predicted molar refractivity (Wildman–Crippen MR) is 56.1 cm³/mol. The first kappa shape index (κ1) is 10.5. The number of carbonyl (C=O) groups is 2. The average molecular weight is 210 g/mol. The number of rotatable bonds is 1. The minimum absolute atomic E-state index is 0.267. The fourth-order valence-corrected chi connectivity index (χ4v) is 1.99. The highest BCUT2D eigenvalue weighted by Crippen LogP contribution is 2.19. The van der Waals surface area contributed by atoms with E-state index >= 15 is 0 Å². The zero-order valence-electron chi connectivity index (χ0n) is 9.16. The van der Waals surface area contributed by atoms with E-state index in [0.29, 0.717) is 5.92 Å². The minimum Gasteiger partial charge on any atom is -0.345 e. The third-order valence-electron chi connectivity index (χ3n) is 3.05. The SMILES string of the molecule is CC1CCCN(C(=O)C(=O)NC2CC2)C1. The Kier molecular flexibility index (Phi) is 2.93. The van der Waals surface area contributed by atoms with Gasteiger partial charge in [0.05, 0.1) is 0 Å². The molecule has 0 bridgehead atoms. The number of hydrogen-bond donors (Lipinski definition) is 1. The van der Waals surface area contributed by atoms with Crippen LogP contribution in [0.2, 0.25) is 0 Å². The maximum atomic E-state index is 11.7. The molecule has 1 N–H and O–H groups in total. The highest BCUT2D eigenvalue weighted by molar-refractivity contribution is 6.35. The van der Waals surface area contributed by atoms with Crippen molar-refractivity contribution in [2.24, 2.45) is 5.92 Å².